The molecule has 0 radical (unpaired) electrons. The standard InChI is InChI=1S/C29H40F3N3O4/c1-19(2)16-28(6,35(26(36)37)27(3,4)5)18-39-24-10-9-20(14-23(24)29(30,31)32)21-11-12-33-25(15-21)34-22-8-7-13-38-17-22/h9-12,14-15,19,22H,7-8,13,16-18H2,1-6H3,(H,33,34)(H,36,37). The van der Waals surface area contributed by atoms with E-state index < -0.39 is 28.9 Å². The Morgan fingerprint density at radius 1 is 1.18 bits per heavy atom. The van der Waals surface area contributed by atoms with Crippen LogP contribution < -0.4 is 10.1 Å². The summed E-state index contributed by atoms with van der Waals surface area (Å²) in [4.78, 5) is 17.8. The summed E-state index contributed by atoms with van der Waals surface area (Å²) in [6.07, 6.45) is -1.99. The van der Waals surface area contributed by atoms with Crippen LogP contribution in [0.1, 0.15) is 66.4 Å². The molecule has 1 aromatic carbocycles. The minimum Gasteiger partial charge on any atom is -0.491 e. The predicted molar refractivity (Wildman–Crippen MR) is 145 cm³/mol. The van der Waals surface area contributed by atoms with Crippen molar-refractivity contribution in [3.05, 3.63) is 42.1 Å². The molecule has 2 unspecified atom stereocenters. The van der Waals surface area contributed by atoms with Gasteiger partial charge in [0.25, 0.3) is 0 Å². The van der Waals surface area contributed by atoms with Gasteiger partial charge in [0, 0.05) is 18.3 Å². The number of benzene rings is 1. The van der Waals surface area contributed by atoms with Gasteiger partial charge in [-0.05, 0) is 88.3 Å². The number of ether oxygens (including phenoxy) is 2. The average molecular weight is 552 g/mol. The monoisotopic (exact) mass is 551 g/mol. The molecule has 2 N–H and O–H groups in total. The van der Waals surface area contributed by atoms with E-state index in [0.717, 1.165) is 25.5 Å². The summed E-state index contributed by atoms with van der Waals surface area (Å²) < 4.78 is 53.9. The second-order valence-corrected chi connectivity index (χ2v) is 11.9. The van der Waals surface area contributed by atoms with Crippen molar-refractivity contribution in [2.45, 2.75) is 84.1 Å². The molecule has 1 fully saturated rings. The van der Waals surface area contributed by atoms with Crippen molar-refractivity contribution in [1.29, 1.82) is 0 Å². The fourth-order valence-electron chi connectivity index (χ4n) is 5.46. The Labute approximate surface area is 228 Å². The molecule has 10 heteroatoms. The number of amides is 1. The summed E-state index contributed by atoms with van der Waals surface area (Å²) in [7, 11) is 0. The van der Waals surface area contributed by atoms with E-state index in [2.05, 4.69) is 10.3 Å². The van der Waals surface area contributed by atoms with Gasteiger partial charge in [0.1, 0.15) is 18.2 Å². The zero-order chi connectivity index (χ0) is 29.0. The summed E-state index contributed by atoms with van der Waals surface area (Å²) >= 11 is 0. The molecule has 1 aliphatic rings. The van der Waals surface area contributed by atoms with Crippen LogP contribution in [0.15, 0.2) is 36.5 Å². The minimum atomic E-state index is -4.68. The van der Waals surface area contributed by atoms with E-state index >= 15 is 0 Å². The molecule has 39 heavy (non-hydrogen) atoms. The Morgan fingerprint density at radius 3 is 2.44 bits per heavy atom. The zero-order valence-corrected chi connectivity index (χ0v) is 23.6. The van der Waals surface area contributed by atoms with E-state index in [9.17, 15) is 23.1 Å². The number of rotatable bonds is 9. The first-order valence-electron chi connectivity index (χ1n) is 13.3. The number of nitrogens with zero attached hydrogens (tertiary/aromatic N) is 2. The van der Waals surface area contributed by atoms with Crippen LogP contribution in [0.4, 0.5) is 23.8 Å². The Hall–Kier alpha value is -3.01. The number of nitrogens with one attached hydrogen (secondary N) is 1. The highest BCUT2D eigenvalue weighted by Crippen LogP contribution is 2.40. The van der Waals surface area contributed by atoms with Gasteiger partial charge in [0.05, 0.1) is 23.8 Å². The van der Waals surface area contributed by atoms with Crippen molar-refractivity contribution in [3.63, 3.8) is 0 Å². The number of hydrogen-bond acceptors (Lipinski definition) is 5. The first-order chi connectivity index (χ1) is 18.1. The number of carboxylic acid groups (broad SMARTS) is 1. The Bertz CT molecular complexity index is 1130. The summed E-state index contributed by atoms with van der Waals surface area (Å²) in [5, 5.41) is 13.3. The highest BCUT2D eigenvalue weighted by atomic mass is 19.4. The molecular weight excluding hydrogens is 511 g/mol. The summed E-state index contributed by atoms with van der Waals surface area (Å²) in [5.74, 6) is 0.312. The molecule has 1 saturated heterocycles. The van der Waals surface area contributed by atoms with Gasteiger partial charge in [-0.25, -0.2) is 9.78 Å². The summed E-state index contributed by atoms with van der Waals surface area (Å²) in [6, 6.07) is 7.42. The third kappa shape index (κ3) is 8.00. The molecule has 2 heterocycles. The van der Waals surface area contributed by atoms with E-state index in [4.69, 9.17) is 9.47 Å². The van der Waals surface area contributed by atoms with Crippen LogP contribution in [0.3, 0.4) is 0 Å². The van der Waals surface area contributed by atoms with Crippen LogP contribution in [0.2, 0.25) is 0 Å². The van der Waals surface area contributed by atoms with Gasteiger partial charge < -0.3 is 19.9 Å². The lowest BCUT2D eigenvalue weighted by Crippen LogP contribution is -2.61. The lowest BCUT2D eigenvalue weighted by molar-refractivity contribution is -0.139. The first kappa shape index (κ1) is 30.5. The molecule has 1 amide bonds. The van der Waals surface area contributed by atoms with E-state index in [1.165, 1.54) is 11.0 Å². The molecular formula is C29H40F3N3O4. The first-order valence-corrected chi connectivity index (χ1v) is 13.3. The number of aromatic nitrogens is 1. The Kier molecular flexibility index (Phi) is 9.41. The number of pyridine rings is 1. The lowest BCUT2D eigenvalue weighted by atomic mass is 9.86. The van der Waals surface area contributed by atoms with Gasteiger partial charge in [-0.3, -0.25) is 4.90 Å². The van der Waals surface area contributed by atoms with Crippen LogP contribution in [0, 0.1) is 5.92 Å². The largest absolute Gasteiger partial charge is 0.491 e. The molecule has 3 rings (SSSR count). The number of hydrogen-bond donors (Lipinski definition) is 2. The molecule has 2 aromatic rings. The van der Waals surface area contributed by atoms with Crippen LogP contribution >= 0.6 is 0 Å². The van der Waals surface area contributed by atoms with Crippen molar-refractivity contribution in [1.82, 2.24) is 9.88 Å². The average Bonchev–Trinajstić information content (AvgIpc) is 2.81. The Balaban J connectivity index is 1.91. The fraction of sp³-hybridized carbons (Fsp3) is 0.586. The normalized spacial score (nSPS) is 17.9. The van der Waals surface area contributed by atoms with Crippen molar-refractivity contribution >= 4 is 11.9 Å². The van der Waals surface area contributed by atoms with Gasteiger partial charge in [-0.15, -0.1) is 0 Å². The van der Waals surface area contributed by atoms with Gasteiger partial charge >= 0.3 is 12.3 Å². The van der Waals surface area contributed by atoms with Crippen LogP contribution in [-0.2, 0) is 10.9 Å². The molecule has 0 spiro atoms. The Morgan fingerprint density at radius 2 is 1.87 bits per heavy atom. The maximum absolute atomic E-state index is 14.2. The van der Waals surface area contributed by atoms with Crippen molar-refractivity contribution < 1.29 is 32.5 Å². The molecule has 7 nitrogen and oxygen atoms in total. The second kappa shape index (κ2) is 12.0. The molecule has 216 valence electrons. The summed E-state index contributed by atoms with van der Waals surface area (Å²) in [6.45, 7) is 11.9. The summed E-state index contributed by atoms with van der Waals surface area (Å²) in [5.41, 5.74) is -1.82. The highest BCUT2D eigenvalue weighted by Gasteiger charge is 2.44. The predicted octanol–water partition coefficient (Wildman–Crippen LogP) is 7.32. The fourth-order valence-corrected chi connectivity index (χ4v) is 5.46. The van der Waals surface area contributed by atoms with Gasteiger partial charge in [-0.2, -0.15) is 13.2 Å². The zero-order valence-electron chi connectivity index (χ0n) is 23.6. The maximum Gasteiger partial charge on any atom is 0.419 e. The molecule has 0 saturated carbocycles. The van der Waals surface area contributed by atoms with Crippen molar-refractivity contribution in [2.24, 2.45) is 5.92 Å². The number of anilines is 1. The maximum atomic E-state index is 14.2. The second-order valence-electron chi connectivity index (χ2n) is 11.9. The van der Waals surface area contributed by atoms with Crippen LogP contribution in [-0.4, -0.2) is 58.0 Å². The van der Waals surface area contributed by atoms with E-state index in [-0.39, 0.29) is 24.3 Å². The quantitative estimate of drug-likeness (QED) is 0.340. The highest BCUT2D eigenvalue weighted by molar-refractivity contribution is 5.69. The van der Waals surface area contributed by atoms with Gasteiger partial charge in [0.2, 0.25) is 0 Å². The molecule has 2 atom stereocenters. The minimum absolute atomic E-state index is 0.0851. The molecule has 0 bridgehead atoms. The third-order valence-corrected chi connectivity index (χ3v) is 6.68. The lowest BCUT2D eigenvalue weighted by Gasteiger charge is -2.47. The van der Waals surface area contributed by atoms with E-state index in [1.807, 2.05) is 13.8 Å². The van der Waals surface area contributed by atoms with Crippen LogP contribution in [0.25, 0.3) is 11.1 Å². The van der Waals surface area contributed by atoms with Gasteiger partial charge in [0.15, 0.2) is 0 Å². The van der Waals surface area contributed by atoms with Crippen molar-refractivity contribution in [3.8, 4) is 16.9 Å². The molecule has 0 aliphatic carbocycles. The molecule has 1 aromatic heterocycles. The van der Waals surface area contributed by atoms with E-state index in [0.29, 0.717) is 30.0 Å². The number of halogens is 3. The topological polar surface area (TPSA) is 83.9 Å². The van der Waals surface area contributed by atoms with Crippen LogP contribution in [0.5, 0.6) is 5.75 Å². The molecule has 1 aliphatic heterocycles. The van der Waals surface area contributed by atoms with Crippen molar-refractivity contribution in [2.75, 3.05) is 25.1 Å². The SMILES string of the molecule is CC(C)CC(C)(COc1ccc(-c2ccnc(NC3CCCOC3)c2)cc1C(F)(F)F)N(C(=O)O)C(C)(C)C. The third-order valence-electron chi connectivity index (χ3n) is 6.68. The smallest absolute Gasteiger partial charge is 0.419 e. The number of carbonyl (C=O) groups is 1. The van der Waals surface area contributed by atoms with E-state index in [1.54, 1.807) is 52.1 Å². The number of alkyl halides is 3. The van der Waals surface area contributed by atoms with Gasteiger partial charge in [-0.1, -0.05) is 19.9 Å².